The molecule has 0 bridgehead atoms. The number of aromatic nitrogens is 2. The maximum Gasteiger partial charge on any atom is 0.258 e. The van der Waals surface area contributed by atoms with Crippen LogP contribution in [0.1, 0.15) is 0 Å². The average molecular weight is 250 g/mol. The van der Waals surface area contributed by atoms with Crippen molar-refractivity contribution in [2.75, 3.05) is 24.3 Å². The van der Waals surface area contributed by atoms with Gasteiger partial charge in [-0.25, -0.2) is 4.98 Å². The lowest BCUT2D eigenvalue weighted by Crippen LogP contribution is -2.28. The number of hydrogen-bond acceptors (Lipinski definition) is 6. The number of fused-ring (bicyclic) bond motifs is 1. The highest BCUT2D eigenvalue weighted by molar-refractivity contribution is 5.88. The summed E-state index contributed by atoms with van der Waals surface area (Å²) in [6, 6.07) is 2.61. The molecule has 1 aromatic heterocycles. The number of nitrogens with zero attached hydrogens (tertiary/aromatic N) is 1. The minimum Gasteiger partial charge on any atom is -0.397 e. The van der Waals surface area contributed by atoms with E-state index in [-0.39, 0.29) is 18.8 Å². The van der Waals surface area contributed by atoms with Crippen molar-refractivity contribution in [3.63, 3.8) is 0 Å². The van der Waals surface area contributed by atoms with Crippen molar-refractivity contribution in [2.24, 2.45) is 0 Å². The molecule has 2 aromatic rings. The van der Waals surface area contributed by atoms with E-state index < -0.39 is 6.04 Å². The van der Waals surface area contributed by atoms with E-state index in [4.69, 9.17) is 15.9 Å². The smallest absolute Gasteiger partial charge is 0.258 e. The van der Waals surface area contributed by atoms with Crippen molar-refractivity contribution in [3.05, 3.63) is 28.8 Å². The van der Waals surface area contributed by atoms with Gasteiger partial charge in [-0.2, -0.15) is 0 Å². The van der Waals surface area contributed by atoms with E-state index in [0.717, 1.165) is 0 Å². The predicted molar refractivity (Wildman–Crippen MR) is 68.4 cm³/mol. The first-order valence-electron chi connectivity index (χ1n) is 5.41. The Morgan fingerprint density at radius 2 is 2.11 bits per heavy atom. The second-order valence-corrected chi connectivity index (χ2v) is 3.89. The lowest BCUT2D eigenvalue weighted by molar-refractivity contribution is 0.204. The van der Waals surface area contributed by atoms with Gasteiger partial charge >= 0.3 is 0 Å². The highest BCUT2D eigenvalue weighted by atomic mass is 16.3. The minimum absolute atomic E-state index is 0.225. The molecule has 0 atom stereocenters. The molecule has 0 amide bonds. The maximum atomic E-state index is 11.5. The Morgan fingerprint density at radius 3 is 2.78 bits per heavy atom. The van der Waals surface area contributed by atoms with Crippen molar-refractivity contribution >= 4 is 22.3 Å². The second kappa shape index (κ2) is 5.03. The molecule has 0 aliphatic carbocycles. The number of aliphatic hydroxyl groups is 2. The van der Waals surface area contributed by atoms with Gasteiger partial charge in [-0.15, -0.1) is 0 Å². The normalized spacial score (nSPS) is 11.1. The zero-order valence-electron chi connectivity index (χ0n) is 9.55. The Bertz CT molecular complexity index is 607. The number of rotatable bonds is 4. The monoisotopic (exact) mass is 250 g/mol. The summed E-state index contributed by atoms with van der Waals surface area (Å²) in [5, 5.41) is 21.3. The topological polar surface area (TPSA) is 124 Å². The molecule has 0 spiro atoms. The van der Waals surface area contributed by atoms with Gasteiger partial charge in [0.2, 0.25) is 0 Å². The predicted octanol–water partition coefficient (Wildman–Crippen LogP) is -0.730. The van der Waals surface area contributed by atoms with Gasteiger partial charge in [0, 0.05) is 0 Å². The molecule has 96 valence electrons. The molecule has 0 unspecified atom stereocenters. The molecule has 0 aliphatic heterocycles. The largest absolute Gasteiger partial charge is 0.397 e. The SMILES string of the molecule is Nc1cc2c(=O)[nH]cnc2cc1NC(CO)CO. The fourth-order valence-corrected chi connectivity index (χ4v) is 1.63. The molecule has 0 radical (unpaired) electrons. The van der Waals surface area contributed by atoms with Crippen LogP contribution in [0.4, 0.5) is 11.4 Å². The van der Waals surface area contributed by atoms with Gasteiger partial charge in [-0.05, 0) is 12.1 Å². The molecule has 2 rings (SSSR count). The molecule has 6 N–H and O–H groups in total. The van der Waals surface area contributed by atoms with Crippen LogP contribution in [0.25, 0.3) is 10.9 Å². The number of nitrogens with two attached hydrogens (primary N) is 1. The van der Waals surface area contributed by atoms with Crippen LogP contribution in [0.3, 0.4) is 0 Å². The molecular formula is C11H14N4O3. The van der Waals surface area contributed by atoms with Gasteiger partial charge in [0.15, 0.2) is 0 Å². The van der Waals surface area contributed by atoms with Crippen molar-refractivity contribution < 1.29 is 10.2 Å². The highest BCUT2D eigenvalue weighted by Gasteiger charge is 2.10. The summed E-state index contributed by atoms with van der Waals surface area (Å²) in [5.41, 5.74) is 6.91. The first kappa shape index (κ1) is 12.3. The van der Waals surface area contributed by atoms with Gasteiger partial charge in [-0.3, -0.25) is 4.79 Å². The standard InChI is InChI=1S/C11H14N4O3/c12-8-1-7-9(13-5-14-11(7)18)2-10(8)15-6(3-16)4-17/h1-2,5-6,15-17H,3-4,12H2,(H,13,14,18). The molecule has 7 heteroatoms. The summed E-state index contributed by atoms with van der Waals surface area (Å²) in [5.74, 6) is 0. The third-order valence-corrected chi connectivity index (χ3v) is 2.61. The Morgan fingerprint density at radius 1 is 1.39 bits per heavy atom. The molecule has 0 aliphatic rings. The second-order valence-electron chi connectivity index (χ2n) is 3.89. The van der Waals surface area contributed by atoms with Gasteiger partial charge in [0.25, 0.3) is 5.56 Å². The molecule has 0 saturated heterocycles. The van der Waals surface area contributed by atoms with Crippen LogP contribution < -0.4 is 16.6 Å². The number of nitrogens with one attached hydrogen (secondary N) is 2. The lowest BCUT2D eigenvalue weighted by Gasteiger charge is -2.16. The first-order valence-corrected chi connectivity index (χ1v) is 5.41. The highest BCUT2D eigenvalue weighted by Crippen LogP contribution is 2.23. The Balaban J connectivity index is 2.46. The van der Waals surface area contributed by atoms with Crippen LogP contribution in [-0.2, 0) is 0 Å². The third kappa shape index (κ3) is 2.27. The van der Waals surface area contributed by atoms with Gasteiger partial charge in [-0.1, -0.05) is 0 Å². The number of aromatic amines is 1. The number of nitrogen functional groups attached to an aromatic ring is 1. The summed E-state index contributed by atoms with van der Waals surface area (Å²) in [4.78, 5) is 18.0. The molecule has 18 heavy (non-hydrogen) atoms. The Kier molecular flexibility index (Phi) is 3.45. The van der Waals surface area contributed by atoms with Crippen LogP contribution in [0, 0.1) is 0 Å². The summed E-state index contributed by atoms with van der Waals surface area (Å²) < 4.78 is 0. The van der Waals surface area contributed by atoms with Crippen LogP contribution in [0.2, 0.25) is 0 Å². The average Bonchev–Trinajstić information content (AvgIpc) is 2.37. The van der Waals surface area contributed by atoms with E-state index in [0.29, 0.717) is 22.3 Å². The molecular weight excluding hydrogens is 236 g/mol. The number of benzene rings is 1. The van der Waals surface area contributed by atoms with E-state index in [9.17, 15) is 4.79 Å². The Labute approximate surface area is 102 Å². The molecule has 0 saturated carbocycles. The van der Waals surface area contributed by atoms with E-state index in [1.54, 1.807) is 6.07 Å². The summed E-state index contributed by atoms with van der Waals surface area (Å²) in [6.07, 6.45) is 1.31. The number of anilines is 2. The fraction of sp³-hybridized carbons (Fsp3) is 0.273. The van der Waals surface area contributed by atoms with Crippen molar-refractivity contribution in [1.82, 2.24) is 9.97 Å². The molecule has 0 fully saturated rings. The lowest BCUT2D eigenvalue weighted by atomic mass is 10.1. The van der Waals surface area contributed by atoms with Gasteiger partial charge < -0.3 is 26.2 Å². The molecule has 7 nitrogen and oxygen atoms in total. The van der Waals surface area contributed by atoms with E-state index in [1.807, 2.05) is 0 Å². The maximum absolute atomic E-state index is 11.5. The van der Waals surface area contributed by atoms with E-state index in [2.05, 4.69) is 15.3 Å². The van der Waals surface area contributed by atoms with Crippen LogP contribution in [0.5, 0.6) is 0 Å². The quantitative estimate of drug-likeness (QED) is 0.456. The number of aliphatic hydroxyl groups excluding tert-OH is 2. The number of hydrogen-bond donors (Lipinski definition) is 5. The molecule has 1 aromatic carbocycles. The van der Waals surface area contributed by atoms with Crippen LogP contribution >= 0.6 is 0 Å². The van der Waals surface area contributed by atoms with Gasteiger partial charge in [0.1, 0.15) is 0 Å². The fourth-order valence-electron chi connectivity index (χ4n) is 1.63. The van der Waals surface area contributed by atoms with Crippen LogP contribution in [0.15, 0.2) is 23.3 Å². The number of H-pyrrole nitrogens is 1. The van der Waals surface area contributed by atoms with Crippen LogP contribution in [-0.4, -0.2) is 39.4 Å². The van der Waals surface area contributed by atoms with E-state index in [1.165, 1.54) is 12.4 Å². The molecule has 1 heterocycles. The first-order chi connectivity index (χ1) is 8.65. The van der Waals surface area contributed by atoms with E-state index >= 15 is 0 Å². The minimum atomic E-state index is -0.508. The van der Waals surface area contributed by atoms with Crippen molar-refractivity contribution in [2.45, 2.75) is 6.04 Å². The van der Waals surface area contributed by atoms with Gasteiger partial charge in [0.05, 0.1) is 47.9 Å². The summed E-state index contributed by atoms with van der Waals surface area (Å²) >= 11 is 0. The zero-order valence-corrected chi connectivity index (χ0v) is 9.55. The zero-order chi connectivity index (χ0) is 13.1. The van der Waals surface area contributed by atoms with Crippen molar-refractivity contribution in [3.8, 4) is 0 Å². The third-order valence-electron chi connectivity index (χ3n) is 2.61. The Hall–Kier alpha value is -2.12. The summed E-state index contributed by atoms with van der Waals surface area (Å²) in [7, 11) is 0. The van der Waals surface area contributed by atoms with Crippen molar-refractivity contribution in [1.29, 1.82) is 0 Å². The summed E-state index contributed by atoms with van der Waals surface area (Å²) in [6.45, 7) is -0.451.